The highest BCUT2D eigenvalue weighted by Crippen LogP contribution is 2.10. The van der Waals surface area contributed by atoms with Crippen LogP contribution in [-0.4, -0.2) is 9.97 Å². The Morgan fingerprint density at radius 3 is 2.76 bits per heavy atom. The Hall–Kier alpha value is -2.10. The molecule has 2 rings (SSSR count). The van der Waals surface area contributed by atoms with E-state index in [0.717, 1.165) is 28.5 Å². The summed E-state index contributed by atoms with van der Waals surface area (Å²) in [5.74, 6) is 0.788. The second-order valence-corrected chi connectivity index (χ2v) is 4.02. The van der Waals surface area contributed by atoms with E-state index in [1.54, 1.807) is 6.20 Å². The molecule has 3 N–H and O–H groups in total. The number of rotatable bonds is 3. The molecule has 0 saturated heterocycles. The topological polar surface area (TPSA) is 63.8 Å². The zero-order valence-corrected chi connectivity index (χ0v) is 10.1. The van der Waals surface area contributed by atoms with E-state index in [1.165, 1.54) is 0 Å². The highest BCUT2D eigenvalue weighted by molar-refractivity contribution is 5.42. The van der Waals surface area contributed by atoms with E-state index in [4.69, 9.17) is 5.73 Å². The predicted molar refractivity (Wildman–Crippen MR) is 69.7 cm³/mol. The van der Waals surface area contributed by atoms with Crippen LogP contribution < -0.4 is 11.1 Å². The Morgan fingerprint density at radius 1 is 1.24 bits per heavy atom. The zero-order valence-electron chi connectivity index (χ0n) is 10.1. The Labute approximate surface area is 101 Å². The number of benzene rings is 1. The molecule has 0 atom stereocenters. The van der Waals surface area contributed by atoms with Gasteiger partial charge in [0.1, 0.15) is 5.82 Å². The van der Waals surface area contributed by atoms with Crippen molar-refractivity contribution in [2.24, 2.45) is 0 Å². The summed E-state index contributed by atoms with van der Waals surface area (Å²) in [6.07, 6.45) is 1.74. The van der Waals surface area contributed by atoms with Crippen LogP contribution in [0, 0.1) is 13.8 Å². The first-order valence-corrected chi connectivity index (χ1v) is 5.53. The van der Waals surface area contributed by atoms with E-state index in [9.17, 15) is 0 Å². The van der Waals surface area contributed by atoms with Gasteiger partial charge in [-0.05, 0) is 31.5 Å². The minimum absolute atomic E-state index is 0.697. The fourth-order valence-corrected chi connectivity index (χ4v) is 1.52. The molecule has 0 saturated carbocycles. The third-order valence-corrected chi connectivity index (χ3v) is 2.62. The standard InChI is InChI=1S/C13H16N4/c1-9-10(2)17-13(8-15-9)16-7-11-4-3-5-12(14)6-11/h3-6,8H,7,14H2,1-2H3,(H,16,17). The first-order chi connectivity index (χ1) is 8.15. The Bertz CT molecular complexity index is 523. The summed E-state index contributed by atoms with van der Waals surface area (Å²) in [7, 11) is 0. The lowest BCUT2D eigenvalue weighted by Crippen LogP contribution is -2.04. The summed E-state index contributed by atoms with van der Waals surface area (Å²) in [5, 5.41) is 3.23. The quantitative estimate of drug-likeness (QED) is 0.791. The minimum Gasteiger partial charge on any atom is -0.399 e. The van der Waals surface area contributed by atoms with Crippen molar-refractivity contribution >= 4 is 11.5 Å². The van der Waals surface area contributed by atoms with E-state index in [1.807, 2.05) is 38.1 Å². The molecule has 0 aliphatic heterocycles. The van der Waals surface area contributed by atoms with Crippen molar-refractivity contribution in [2.45, 2.75) is 20.4 Å². The average molecular weight is 228 g/mol. The summed E-state index contributed by atoms with van der Waals surface area (Å²) in [6, 6.07) is 7.79. The van der Waals surface area contributed by atoms with Gasteiger partial charge in [-0.1, -0.05) is 12.1 Å². The van der Waals surface area contributed by atoms with Crippen molar-refractivity contribution in [1.29, 1.82) is 0 Å². The Morgan fingerprint density at radius 2 is 2.06 bits per heavy atom. The monoisotopic (exact) mass is 228 g/mol. The van der Waals surface area contributed by atoms with Gasteiger partial charge in [0.2, 0.25) is 0 Å². The summed E-state index contributed by atoms with van der Waals surface area (Å²) in [4.78, 5) is 8.66. The van der Waals surface area contributed by atoms with Crippen molar-refractivity contribution in [1.82, 2.24) is 9.97 Å². The van der Waals surface area contributed by atoms with Crippen LogP contribution in [0.1, 0.15) is 17.0 Å². The number of hydrogen-bond acceptors (Lipinski definition) is 4. The molecule has 0 radical (unpaired) electrons. The molecule has 2 aromatic rings. The van der Waals surface area contributed by atoms with Gasteiger partial charge in [-0.2, -0.15) is 0 Å². The van der Waals surface area contributed by atoms with E-state index in [0.29, 0.717) is 6.54 Å². The maximum atomic E-state index is 5.72. The molecule has 4 nitrogen and oxygen atoms in total. The molecule has 0 aliphatic rings. The SMILES string of the molecule is Cc1ncc(NCc2cccc(N)c2)nc1C. The van der Waals surface area contributed by atoms with Crippen LogP contribution in [0.4, 0.5) is 11.5 Å². The second kappa shape index (κ2) is 4.82. The van der Waals surface area contributed by atoms with Crippen LogP contribution in [0.5, 0.6) is 0 Å². The number of anilines is 2. The summed E-state index contributed by atoms with van der Waals surface area (Å²) < 4.78 is 0. The molecule has 1 aromatic carbocycles. The molecular weight excluding hydrogens is 212 g/mol. The van der Waals surface area contributed by atoms with Crippen LogP contribution in [0.3, 0.4) is 0 Å². The number of aryl methyl sites for hydroxylation is 2. The molecule has 0 fully saturated rings. The molecule has 1 aromatic heterocycles. The van der Waals surface area contributed by atoms with Crippen molar-refractivity contribution in [2.75, 3.05) is 11.1 Å². The van der Waals surface area contributed by atoms with Crippen LogP contribution in [-0.2, 0) is 6.54 Å². The molecule has 88 valence electrons. The van der Waals surface area contributed by atoms with Crippen molar-refractivity contribution < 1.29 is 0 Å². The van der Waals surface area contributed by atoms with Gasteiger partial charge in [0.25, 0.3) is 0 Å². The molecule has 0 unspecified atom stereocenters. The number of nitrogens with zero attached hydrogens (tertiary/aromatic N) is 2. The lowest BCUT2D eigenvalue weighted by molar-refractivity contribution is 1.02. The minimum atomic E-state index is 0.697. The fraction of sp³-hybridized carbons (Fsp3) is 0.231. The first kappa shape index (κ1) is 11.4. The van der Waals surface area contributed by atoms with Crippen LogP contribution in [0.2, 0.25) is 0 Å². The molecule has 17 heavy (non-hydrogen) atoms. The smallest absolute Gasteiger partial charge is 0.145 e. The molecule has 0 amide bonds. The number of nitrogen functional groups attached to an aromatic ring is 1. The Kier molecular flexibility index (Phi) is 3.23. The normalized spacial score (nSPS) is 10.2. The Balaban J connectivity index is 2.05. The van der Waals surface area contributed by atoms with Gasteiger partial charge >= 0.3 is 0 Å². The van der Waals surface area contributed by atoms with Crippen LogP contribution in [0.25, 0.3) is 0 Å². The highest BCUT2D eigenvalue weighted by atomic mass is 15.0. The highest BCUT2D eigenvalue weighted by Gasteiger charge is 1.99. The van der Waals surface area contributed by atoms with Crippen molar-refractivity contribution in [3.8, 4) is 0 Å². The van der Waals surface area contributed by atoms with E-state index >= 15 is 0 Å². The zero-order chi connectivity index (χ0) is 12.3. The van der Waals surface area contributed by atoms with E-state index < -0.39 is 0 Å². The fourth-order valence-electron chi connectivity index (χ4n) is 1.52. The van der Waals surface area contributed by atoms with Gasteiger partial charge in [0.05, 0.1) is 17.6 Å². The van der Waals surface area contributed by atoms with Gasteiger partial charge in [-0.25, -0.2) is 4.98 Å². The second-order valence-electron chi connectivity index (χ2n) is 4.02. The number of nitrogens with one attached hydrogen (secondary N) is 1. The maximum Gasteiger partial charge on any atom is 0.145 e. The predicted octanol–water partition coefficient (Wildman–Crippen LogP) is 2.29. The maximum absolute atomic E-state index is 5.72. The third kappa shape index (κ3) is 2.93. The van der Waals surface area contributed by atoms with Crippen LogP contribution >= 0.6 is 0 Å². The molecule has 0 bridgehead atoms. The summed E-state index contributed by atoms with van der Waals surface area (Å²) >= 11 is 0. The van der Waals surface area contributed by atoms with E-state index in [2.05, 4.69) is 15.3 Å². The van der Waals surface area contributed by atoms with Gasteiger partial charge in [0, 0.05) is 12.2 Å². The molecule has 0 aliphatic carbocycles. The number of aromatic nitrogens is 2. The van der Waals surface area contributed by atoms with E-state index in [-0.39, 0.29) is 0 Å². The van der Waals surface area contributed by atoms with Crippen molar-refractivity contribution in [3.05, 3.63) is 47.4 Å². The summed E-state index contributed by atoms with van der Waals surface area (Å²) in [6.45, 7) is 4.60. The molecule has 1 heterocycles. The number of hydrogen-bond donors (Lipinski definition) is 2. The number of nitrogens with two attached hydrogens (primary N) is 1. The third-order valence-electron chi connectivity index (χ3n) is 2.62. The first-order valence-electron chi connectivity index (χ1n) is 5.53. The summed E-state index contributed by atoms with van der Waals surface area (Å²) in [5.41, 5.74) is 9.52. The van der Waals surface area contributed by atoms with Gasteiger partial charge < -0.3 is 11.1 Å². The largest absolute Gasteiger partial charge is 0.399 e. The molecular formula is C13H16N4. The molecule has 4 heteroatoms. The van der Waals surface area contributed by atoms with Gasteiger partial charge in [-0.3, -0.25) is 4.98 Å². The lowest BCUT2D eigenvalue weighted by atomic mass is 10.2. The van der Waals surface area contributed by atoms with Crippen molar-refractivity contribution in [3.63, 3.8) is 0 Å². The lowest BCUT2D eigenvalue weighted by Gasteiger charge is -2.07. The average Bonchev–Trinajstić information content (AvgIpc) is 2.31. The van der Waals surface area contributed by atoms with Crippen LogP contribution in [0.15, 0.2) is 30.5 Å². The molecule has 0 spiro atoms. The van der Waals surface area contributed by atoms with Gasteiger partial charge in [-0.15, -0.1) is 0 Å². The van der Waals surface area contributed by atoms with Gasteiger partial charge in [0.15, 0.2) is 0 Å².